The zero-order valence-corrected chi connectivity index (χ0v) is 9.60. The highest BCUT2D eigenvalue weighted by Gasteiger charge is 2.16. The van der Waals surface area contributed by atoms with Crippen molar-refractivity contribution in [2.45, 2.75) is 33.1 Å². The molecule has 0 rings (SSSR count). The fourth-order valence-corrected chi connectivity index (χ4v) is 1.03. The summed E-state index contributed by atoms with van der Waals surface area (Å²) >= 11 is 0. The number of aliphatic carboxylic acids is 1. The second kappa shape index (κ2) is 7.67. The summed E-state index contributed by atoms with van der Waals surface area (Å²) in [5.74, 6) is -2.24. The number of amides is 2. The molecular formula is C10H18N2O4. The topological polar surface area (TPSA) is 86.7 Å². The predicted octanol–water partition coefficient (Wildman–Crippen LogP) is 0.387. The molecule has 2 amide bonds. The first-order valence-electron chi connectivity index (χ1n) is 5.25. The number of hydrogen-bond donors (Lipinski definition) is 2. The van der Waals surface area contributed by atoms with Crippen LogP contribution in [0.4, 0.5) is 0 Å². The maximum Gasteiger partial charge on any atom is 0.306 e. The van der Waals surface area contributed by atoms with Gasteiger partial charge in [-0.05, 0) is 6.42 Å². The van der Waals surface area contributed by atoms with Crippen LogP contribution in [-0.2, 0) is 14.4 Å². The fraction of sp³-hybridized carbons (Fsp3) is 0.700. The van der Waals surface area contributed by atoms with Crippen LogP contribution in [0.2, 0.25) is 0 Å². The molecule has 0 saturated carbocycles. The lowest BCUT2D eigenvalue weighted by Gasteiger charge is -2.18. The maximum absolute atomic E-state index is 11.3. The molecule has 0 aromatic carbocycles. The molecule has 0 aliphatic rings. The summed E-state index contributed by atoms with van der Waals surface area (Å²) in [5, 5.41) is 9.74. The van der Waals surface area contributed by atoms with Crippen molar-refractivity contribution in [2.75, 3.05) is 6.54 Å². The maximum atomic E-state index is 11.3. The highest BCUT2D eigenvalue weighted by Crippen LogP contribution is 2.01. The number of unbranched alkanes of at least 4 members (excludes halogenated alkanes) is 1. The summed E-state index contributed by atoms with van der Waals surface area (Å²) in [7, 11) is 0. The van der Waals surface area contributed by atoms with Gasteiger partial charge in [-0.15, -0.1) is 0 Å². The second-order valence-corrected chi connectivity index (χ2v) is 3.63. The minimum atomic E-state index is -1.03. The van der Waals surface area contributed by atoms with E-state index in [0.717, 1.165) is 17.9 Å². The van der Waals surface area contributed by atoms with Crippen LogP contribution >= 0.6 is 0 Å². The van der Waals surface area contributed by atoms with Crippen LogP contribution in [0.3, 0.4) is 0 Å². The van der Waals surface area contributed by atoms with Gasteiger partial charge in [-0.2, -0.15) is 0 Å². The van der Waals surface area contributed by atoms with E-state index in [-0.39, 0.29) is 6.42 Å². The molecule has 2 N–H and O–H groups in total. The summed E-state index contributed by atoms with van der Waals surface area (Å²) in [4.78, 5) is 32.4. The van der Waals surface area contributed by atoms with Gasteiger partial charge in [0.05, 0.1) is 5.92 Å². The largest absolute Gasteiger partial charge is 0.481 e. The van der Waals surface area contributed by atoms with E-state index in [9.17, 15) is 14.4 Å². The molecule has 0 radical (unpaired) electrons. The number of nitrogens with zero attached hydrogens (tertiary/aromatic N) is 1. The van der Waals surface area contributed by atoms with E-state index in [4.69, 9.17) is 5.11 Å². The normalized spacial score (nSPS) is 11.6. The molecule has 0 aromatic rings. The lowest BCUT2D eigenvalue weighted by molar-refractivity contribution is -0.144. The number of nitrogens with one attached hydrogen (secondary N) is 1. The average Bonchev–Trinajstić information content (AvgIpc) is 2.23. The van der Waals surface area contributed by atoms with E-state index in [1.54, 1.807) is 0 Å². The summed E-state index contributed by atoms with van der Waals surface area (Å²) in [6, 6.07) is 0. The smallest absolute Gasteiger partial charge is 0.306 e. The molecule has 0 saturated heterocycles. The van der Waals surface area contributed by atoms with Gasteiger partial charge in [0.2, 0.25) is 12.3 Å². The summed E-state index contributed by atoms with van der Waals surface area (Å²) in [6.07, 6.45) is 2.09. The van der Waals surface area contributed by atoms with Crippen molar-refractivity contribution in [3.63, 3.8) is 0 Å². The van der Waals surface area contributed by atoms with Gasteiger partial charge in [0.15, 0.2) is 0 Å². The van der Waals surface area contributed by atoms with Gasteiger partial charge in [-0.1, -0.05) is 20.3 Å². The van der Waals surface area contributed by atoms with Crippen molar-refractivity contribution in [1.29, 1.82) is 0 Å². The Morgan fingerprint density at radius 2 is 2.12 bits per heavy atom. The number of rotatable bonds is 8. The Labute approximate surface area is 94.6 Å². The van der Waals surface area contributed by atoms with Crippen molar-refractivity contribution < 1.29 is 19.5 Å². The molecule has 0 spiro atoms. The quantitative estimate of drug-likeness (QED) is 0.466. The van der Waals surface area contributed by atoms with Crippen LogP contribution < -0.4 is 5.43 Å². The van der Waals surface area contributed by atoms with Gasteiger partial charge in [-0.3, -0.25) is 24.8 Å². The summed E-state index contributed by atoms with van der Waals surface area (Å²) < 4.78 is 0. The fourth-order valence-electron chi connectivity index (χ4n) is 1.03. The molecule has 0 aromatic heterocycles. The Hall–Kier alpha value is -1.59. The predicted molar refractivity (Wildman–Crippen MR) is 57.2 cm³/mol. The number of carboxylic acid groups (broad SMARTS) is 1. The van der Waals surface area contributed by atoms with Crippen LogP contribution in [0.25, 0.3) is 0 Å². The molecule has 0 aliphatic carbocycles. The van der Waals surface area contributed by atoms with Crippen molar-refractivity contribution in [3.8, 4) is 0 Å². The Kier molecular flexibility index (Phi) is 6.91. The first-order valence-corrected chi connectivity index (χ1v) is 5.25. The van der Waals surface area contributed by atoms with Gasteiger partial charge < -0.3 is 5.11 Å². The number of carbonyl (C=O) groups is 3. The third kappa shape index (κ3) is 6.00. The number of hydrazine groups is 1. The highest BCUT2D eigenvalue weighted by molar-refractivity contribution is 5.82. The summed E-state index contributed by atoms with van der Waals surface area (Å²) in [6.45, 7) is 3.85. The van der Waals surface area contributed by atoms with E-state index in [1.807, 2.05) is 6.92 Å². The van der Waals surface area contributed by atoms with Crippen LogP contribution in [0, 0.1) is 5.92 Å². The minimum absolute atomic E-state index is 0.133. The van der Waals surface area contributed by atoms with E-state index < -0.39 is 17.8 Å². The van der Waals surface area contributed by atoms with Crippen LogP contribution in [-0.4, -0.2) is 34.9 Å². The zero-order valence-electron chi connectivity index (χ0n) is 9.60. The van der Waals surface area contributed by atoms with Crippen molar-refractivity contribution in [3.05, 3.63) is 0 Å². The molecule has 1 unspecified atom stereocenters. The molecule has 1 atom stereocenters. The molecular weight excluding hydrogens is 212 g/mol. The molecule has 0 bridgehead atoms. The SMILES string of the molecule is CCCCN(C=O)NC(=O)CC(C)C(=O)O. The highest BCUT2D eigenvalue weighted by atomic mass is 16.4. The molecule has 0 fully saturated rings. The molecule has 0 heterocycles. The average molecular weight is 230 g/mol. The van der Waals surface area contributed by atoms with Gasteiger partial charge in [0.1, 0.15) is 0 Å². The first kappa shape index (κ1) is 14.4. The van der Waals surface area contributed by atoms with Crippen molar-refractivity contribution >= 4 is 18.3 Å². The van der Waals surface area contributed by atoms with Crippen LogP contribution in [0.15, 0.2) is 0 Å². The molecule has 6 heteroatoms. The van der Waals surface area contributed by atoms with Crippen molar-refractivity contribution in [1.82, 2.24) is 10.4 Å². The Morgan fingerprint density at radius 1 is 1.50 bits per heavy atom. The van der Waals surface area contributed by atoms with E-state index in [0.29, 0.717) is 13.0 Å². The van der Waals surface area contributed by atoms with Crippen LogP contribution in [0.5, 0.6) is 0 Å². The third-order valence-electron chi connectivity index (χ3n) is 2.06. The summed E-state index contributed by atoms with van der Waals surface area (Å²) in [5.41, 5.74) is 2.35. The second-order valence-electron chi connectivity index (χ2n) is 3.63. The number of carboxylic acids is 1. The molecule has 0 aliphatic heterocycles. The Balaban J connectivity index is 4.00. The van der Waals surface area contributed by atoms with Gasteiger partial charge in [0.25, 0.3) is 0 Å². The van der Waals surface area contributed by atoms with Crippen molar-refractivity contribution in [2.24, 2.45) is 5.92 Å². The monoisotopic (exact) mass is 230 g/mol. The first-order chi connectivity index (χ1) is 7.51. The van der Waals surface area contributed by atoms with Crippen LogP contribution in [0.1, 0.15) is 33.1 Å². The number of hydrogen-bond acceptors (Lipinski definition) is 3. The van der Waals surface area contributed by atoms with E-state index >= 15 is 0 Å². The van der Waals surface area contributed by atoms with Gasteiger partial charge in [0, 0.05) is 13.0 Å². The Bertz CT molecular complexity index is 255. The zero-order chi connectivity index (χ0) is 12.6. The minimum Gasteiger partial charge on any atom is -0.481 e. The van der Waals surface area contributed by atoms with E-state index in [1.165, 1.54) is 6.92 Å². The molecule has 16 heavy (non-hydrogen) atoms. The standard InChI is InChI=1S/C10H18N2O4/c1-3-4-5-12(7-13)11-9(14)6-8(2)10(15)16/h7-8H,3-6H2,1-2H3,(H,11,14)(H,15,16). The number of carbonyl (C=O) groups excluding carboxylic acids is 2. The third-order valence-corrected chi connectivity index (χ3v) is 2.06. The lowest BCUT2D eigenvalue weighted by atomic mass is 10.1. The molecule has 6 nitrogen and oxygen atoms in total. The van der Waals surface area contributed by atoms with Gasteiger partial charge in [-0.25, -0.2) is 0 Å². The lowest BCUT2D eigenvalue weighted by Crippen LogP contribution is -2.42. The van der Waals surface area contributed by atoms with E-state index in [2.05, 4.69) is 5.43 Å². The molecule has 92 valence electrons. The van der Waals surface area contributed by atoms with Gasteiger partial charge >= 0.3 is 5.97 Å². The Morgan fingerprint density at radius 3 is 2.56 bits per heavy atom.